The first-order chi connectivity index (χ1) is 17.0. The number of benzene rings is 3. The first kappa shape index (κ1) is 23.8. The van der Waals surface area contributed by atoms with Crippen molar-refractivity contribution in [1.29, 1.82) is 0 Å². The van der Waals surface area contributed by atoms with Crippen molar-refractivity contribution in [3.63, 3.8) is 0 Å². The zero-order valence-corrected chi connectivity index (χ0v) is 19.4. The fraction of sp³-hybridized carbons (Fsp3) is 0.179. The molecule has 0 aliphatic heterocycles. The maximum atomic E-state index is 13.6. The van der Waals surface area contributed by atoms with Gasteiger partial charge in [0.2, 0.25) is 5.91 Å². The molecule has 7 heteroatoms. The molecule has 4 rings (SSSR count). The molecule has 0 aliphatic rings. The largest absolute Gasteiger partial charge is 0.497 e. The van der Waals surface area contributed by atoms with Gasteiger partial charge in [-0.3, -0.25) is 4.79 Å². The lowest BCUT2D eigenvalue weighted by Crippen LogP contribution is -2.45. The standard InChI is InChI=1S/C28H25NO6/c1-33-21-13-14-22-20(16-25(30)35-24(22)17-21)15-23(28(32)34-2)29-27(31)26(18-9-5-3-6-10-18)19-11-7-4-8-12-19/h3-14,16-17,23,26H,15H2,1-2H3,(H,29,31)/t23-/m0/s1. The minimum Gasteiger partial charge on any atom is -0.497 e. The smallest absolute Gasteiger partial charge is 0.336 e. The summed E-state index contributed by atoms with van der Waals surface area (Å²) in [6, 6.07) is 24.1. The van der Waals surface area contributed by atoms with Crippen molar-refractivity contribution in [2.75, 3.05) is 14.2 Å². The maximum absolute atomic E-state index is 13.6. The molecule has 0 fully saturated rings. The van der Waals surface area contributed by atoms with Crippen molar-refractivity contribution >= 4 is 22.8 Å². The third-order valence-electron chi connectivity index (χ3n) is 5.79. The Balaban J connectivity index is 1.69. The van der Waals surface area contributed by atoms with E-state index in [-0.39, 0.29) is 12.3 Å². The Hall–Kier alpha value is -4.39. The van der Waals surface area contributed by atoms with Crippen LogP contribution in [0, 0.1) is 0 Å². The Morgan fingerprint density at radius 3 is 2.09 bits per heavy atom. The summed E-state index contributed by atoms with van der Waals surface area (Å²) in [5.74, 6) is -1.07. The maximum Gasteiger partial charge on any atom is 0.336 e. The van der Waals surface area contributed by atoms with Crippen molar-refractivity contribution in [1.82, 2.24) is 5.32 Å². The van der Waals surface area contributed by atoms with Gasteiger partial charge in [-0.25, -0.2) is 9.59 Å². The van der Waals surface area contributed by atoms with Crippen LogP contribution >= 0.6 is 0 Å². The van der Waals surface area contributed by atoms with Crippen molar-refractivity contribution in [3.8, 4) is 5.75 Å². The van der Waals surface area contributed by atoms with Crippen LogP contribution in [-0.2, 0) is 20.7 Å². The van der Waals surface area contributed by atoms with Crippen LogP contribution in [0.3, 0.4) is 0 Å². The van der Waals surface area contributed by atoms with Gasteiger partial charge in [0.25, 0.3) is 0 Å². The fourth-order valence-corrected chi connectivity index (χ4v) is 4.10. The number of rotatable bonds is 8. The van der Waals surface area contributed by atoms with Crippen LogP contribution in [0.1, 0.15) is 22.6 Å². The van der Waals surface area contributed by atoms with Crippen molar-refractivity contribution in [3.05, 3.63) is 112 Å². The lowest BCUT2D eigenvalue weighted by Gasteiger charge is -2.22. The van der Waals surface area contributed by atoms with E-state index in [1.54, 1.807) is 18.2 Å². The molecule has 4 aromatic rings. The predicted octanol–water partition coefficient (Wildman–Crippen LogP) is 3.83. The molecule has 1 N–H and O–H groups in total. The van der Waals surface area contributed by atoms with Gasteiger partial charge in [0.15, 0.2) is 0 Å². The molecular weight excluding hydrogens is 446 g/mol. The summed E-state index contributed by atoms with van der Waals surface area (Å²) in [5, 5.41) is 3.48. The second-order valence-corrected chi connectivity index (χ2v) is 8.00. The average Bonchev–Trinajstić information content (AvgIpc) is 2.88. The number of methoxy groups -OCH3 is 2. The molecule has 7 nitrogen and oxygen atoms in total. The van der Waals surface area contributed by atoms with Gasteiger partial charge < -0.3 is 19.2 Å². The predicted molar refractivity (Wildman–Crippen MR) is 131 cm³/mol. The number of amides is 1. The Bertz CT molecular complexity index is 1340. The summed E-state index contributed by atoms with van der Waals surface area (Å²) in [7, 11) is 2.78. The Labute approximate surface area is 202 Å². The quantitative estimate of drug-likeness (QED) is 0.310. The summed E-state index contributed by atoms with van der Waals surface area (Å²) < 4.78 is 15.5. The third-order valence-corrected chi connectivity index (χ3v) is 5.79. The number of hydrogen-bond donors (Lipinski definition) is 1. The summed E-state index contributed by atoms with van der Waals surface area (Å²) in [4.78, 5) is 38.5. The first-order valence-electron chi connectivity index (χ1n) is 11.1. The molecular formula is C28H25NO6. The van der Waals surface area contributed by atoms with E-state index in [0.29, 0.717) is 22.3 Å². The van der Waals surface area contributed by atoms with E-state index in [1.807, 2.05) is 60.7 Å². The van der Waals surface area contributed by atoms with E-state index >= 15 is 0 Å². The Morgan fingerprint density at radius 2 is 1.51 bits per heavy atom. The second kappa shape index (κ2) is 10.7. The van der Waals surface area contributed by atoms with Crippen LogP contribution in [0.5, 0.6) is 5.75 Å². The molecule has 3 aromatic carbocycles. The zero-order chi connectivity index (χ0) is 24.8. The fourth-order valence-electron chi connectivity index (χ4n) is 4.10. The van der Waals surface area contributed by atoms with Crippen molar-refractivity contribution < 1.29 is 23.5 Å². The molecule has 1 heterocycles. The van der Waals surface area contributed by atoms with Crippen molar-refractivity contribution in [2.24, 2.45) is 0 Å². The Kier molecular flexibility index (Phi) is 7.26. The van der Waals surface area contributed by atoms with Gasteiger partial charge >= 0.3 is 11.6 Å². The van der Waals surface area contributed by atoms with Crippen LogP contribution in [0.15, 0.2) is 94.1 Å². The third kappa shape index (κ3) is 5.41. The molecule has 0 radical (unpaired) electrons. The van der Waals surface area contributed by atoms with E-state index in [0.717, 1.165) is 11.1 Å². The highest BCUT2D eigenvalue weighted by Gasteiger charge is 2.29. The molecule has 1 atom stereocenters. The highest BCUT2D eigenvalue weighted by atomic mass is 16.5. The van der Waals surface area contributed by atoms with Gasteiger partial charge in [-0.2, -0.15) is 0 Å². The summed E-state index contributed by atoms with van der Waals surface area (Å²) in [5.41, 5.74) is 1.89. The lowest BCUT2D eigenvalue weighted by atomic mass is 9.90. The minimum absolute atomic E-state index is 0.0448. The minimum atomic E-state index is -1.02. The van der Waals surface area contributed by atoms with Gasteiger partial charge in [0.05, 0.1) is 20.1 Å². The molecule has 0 aliphatic carbocycles. The lowest BCUT2D eigenvalue weighted by molar-refractivity contribution is -0.145. The molecule has 0 saturated carbocycles. The average molecular weight is 472 g/mol. The normalized spacial score (nSPS) is 11.7. The second-order valence-electron chi connectivity index (χ2n) is 8.00. The molecule has 0 unspecified atom stereocenters. The van der Waals surface area contributed by atoms with Gasteiger partial charge in [-0.15, -0.1) is 0 Å². The van der Waals surface area contributed by atoms with Gasteiger partial charge in [0, 0.05) is 23.9 Å². The molecule has 35 heavy (non-hydrogen) atoms. The molecule has 1 amide bonds. The van der Waals surface area contributed by atoms with Crippen LogP contribution in [0.25, 0.3) is 11.0 Å². The molecule has 0 spiro atoms. The summed E-state index contributed by atoms with van der Waals surface area (Å²) in [6.07, 6.45) is 0.0448. The van der Waals surface area contributed by atoms with Gasteiger partial charge in [-0.05, 0) is 28.8 Å². The molecule has 0 bridgehead atoms. The van der Waals surface area contributed by atoms with Crippen LogP contribution in [-0.4, -0.2) is 32.1 Å². The number of carbonyl (C=O) groups excluding carboxylic acids is 2. The van der Waals surface area contributed by atoms with E-state index in [4.69, 9.17) is 13.9 Å². The number of esters is 1. The monoisotopic (exact) mass is 471 g/mol. The molecule has 178 valence electrons. The van der Waals surface area contributed by atoms with E-state index in [9.17, 15) is 14.4 Å². The van der Waals surface area contributed by atoms with Gasteiger partial charge in [-0.1, -0.05) is 60.7 Å². The Morgan fingerprint density at radius 1 is 0.886 bits per heavy atom. The van der Waals surface area contributed by atoms with E-state index < -0.39 is 23.6 Å². The SMILES string of the molecule is COC(=O)[C@H](Cc1cc(=O)oc2cc(OC)ccc12)NC(=O)C(c1ccccc1)c1ccccc1. The van der Waals surface area contributed by atoms with Crippen LogP contribution in [0.4, 0.5) is 0 Å². The summed E-state index contributed by atoms with van der Waals surface area (Å²) >= 11 is 0. The molecule has 1 aromatic heterocycles. The number of nitrogens with one attached hydrogen (secondary N) is 1. The van der Waals surface area contributed by atoms with Gasteiger partial charge in [0.1, 0.15) is 17.4 Å². The highest BCUT2D eigenvalue weighted by molar-refractivity contribution is 5.91. The van der Waals surface area contributed by atoms with Crippen LogP contribution < -0.4 is 15.7 Å². The van der Waals surface area contributed by atoms with Crippen LogP contribution in [0.2, 0.25) is 0 Å². The topological polar surface area (TPSA) is 94.8 Å². The molecule has 0 saturated heterocycles. The zero-order valence-electron chi connectivity index (χ0n) is 19.4. The van der Waals surface area contributed by atoms with E-state index in [2.05, 4.69) is 5.32 Å². The highest BCUT2D eigenvalue weighted by Crippen LogP contribution is 2.26. The summed E-state index contributed by atoms with van der Waals surface area (Å²) in [6.45, 7) is 0. The van der Waals surface area contributed by atoms with E-state index in [1.165, 1.54) is 20.3 Å². The van der Waals surface area contributed by atoms with Crippen molar-refractivity contribution in [2.45, 2.75) is 18.4 Å². The number of hydrogen-bond acceptors (Lipinski definition) is 6. The number of fused-ring (bicyclic) bond motifs is 1. The first-order valence-corrected chi connectivity index (χ1v) is 11.1. The number of carbonyl (C=O) groups is 2. The number of ether oxygens (including phenoxy) is 2.